The molecule has 0 aliphatic rings. The fourth-order valence-corrected chi connectivity index (χ4v) is 2.22. The van der Waals surface area contributed by atoms with Crippen molar-refractivity contribution in [3.63, 3.8) is 0 Å². The summed E-state index contributed by atoms with van der Waals surface area (Å²) in [4.78, 5) is 2.12. The van der Waals surface area contributed by atoms with Crippen LogP contribution in [0.5, 0.6) is 0 Å². The van der Waals surface area contributed by atoms with Gasteiger partial charge in [0, 0.05) is 17.4 Å². The van der Waals surface area contributed by atoms with Crippen LogP contribution in [0.4, 0.5) is 17.3 Å². The molecule has 3 rings (SSSR count). The predicted octanol–water partition coefficient (Wildman–Crippen LogP) is 5.37. The Bertz CT molecular complexity index is 683. The van der Waals surface area contributed by atoms with E-state index in [1.165, 1.54) is 5.56 Å². The molecule has 0 atom stereocenters. The van der Waals surface area contributed by atoms with Gasteiger partial charge in [0.2, 0.25) is 5.88 Å². The van der Waals surface area contributed by atoms with Crippen LogP contribution >= 0.6 is 0 Å². The monoisotopic (exact) mass is 263 g/mol. The summed E-state index contributed by atoms with van der Waals surface area (Å²) in [6.45, 7) is 4.05. The SMILES string of the molecule is Cc1ccc(N(c2ccccc2)c2ccc(C)o2)cc1. The summed E-state index contributed by atoms with van der Waals surface area (Å²) in [5, 5.41) is 0. The molecule has 0 N–H and O–H groups in total. The number of hydrogen-bond donors (Lipinski definition) is 0. The lowest BCUT2D eigenvalue weighted by molar-refractivity contribution is 0.541. The van der Waals surface area contributed by atoms with Gasteiger partial charge in [-0.25, -0.2) is 0 Å². The highest BCUT2D eigenvalue weighted by atomic mass is 16.4. The molecule has 0 amide bonds. The van der Waals surface area contributed by atoms with E-state index >= 15 is 0 Å². The molecule has 0 spiro atoms. The minimum atomic E-state index is 0.831. The number of rotatable bonds is 3. The molecule has 20 heavy (non-hydrogen) atoms. The number of furan rings is 1. The highest BCUT2D eigenvalue weighted by Crippen LogP contribution is 2.35. The van der Waals surface area contributed by atoms with Gasteiger partial charge in [-0.3, -0.25) is 4.90 Å². The first-order chi connectivity index (χ1) is 9.74. The lowest BCUT2D eigenvalue weighted by Gasteiger charge is -2.22. The smallest absolute Gasteiger partial charge is 0.204 e. The van der Waals surface area contributed by atoms with Crippen molar-refractivity contribution in [3.05, 3.63) is 78.1 Å². The van der Waals surface area contributed by atoms with Crippen molar-refractivity contribution in [1.29, 1.82) is 0 Å². The maximum Gasteiger partial charge on any atom is 0.204 e. The van der Waals surface area contributed by atoms with Gasteiger partial charge in [0.15, 0.2) is 0 Å². The van der Waals surface area contributed by atoms with Crippen molar-refractivity contribution in [2.24, 2.45) is 0 Å². The Morgan fingerprint density at radius 2 is 1.35 bits per heavy atom. The van der Waals surface area contributed by atoms with Crippen LogP contribution in [0.15, 0.2) is 71.1 Å². The van der Waals surface area contributed by atoms with Crippen LogP contribution in [-0.2, 0) is 0 Å². The molecule has 100 valence electrons. The third-order valence-corrected chi connectivity index (χ3v) is 3.25. The molecule has 1 aromatic heterocycles. The summed E-state index contributed by atoms with van der Waals surface area (Å²) >= 11 is 0. The standard InChI is InChI=1S/C18H17NO/c1-14-8-11-17(12-9-14)19(16-6-4-3-5-7-16)18-13-10-15(2)20-18/h3-13H,1-2H3. The second-order valence-electron chi connectivity index (χ2n) is 4.89. The number of hydrogen-bond acceptors (Lipinski definition) is 2. The Hall–Kier alpha value is -2.48. The molecule has 1 heterocycles. The zero-order valence-electron chi connectivity index (χ0n) is 11.7. The fraction of sp³-hybridized carbons (Fsp3) is 0.111. The van der Waals surface area contributed by atoms with E-state index in [0.717, 1.165) is 23.0 Å². The van der Waals surface area contributed by atoms with E-state index < -0.39 is 0 Å². The summed E-state index contributed by atoms with van der Waals surface area (Å²) in [5.41, 5.74) is 3.43. The highest BCUT2D eigenvalue weighted by Gasteiger charge is 2.14. The zero-order chi connectivity index (χ0) is 13.9. The van der Waals surface area contributed by atoms with E-state index in [-0.39, 0.29) is 0 Å². The van der Waals surface area contributed by atoms with E-state index in [1.54, 1.807) is 0 Å². The Kier molecular flexibility index (Phi) is 3.30. The van der Waals surface area contributed by atoms with Gasteiger partial charge in [0.1, 0.15) is 5.76 Å². The summed E-state index contributed by atoms with van der Waals surface area (Å²) in [5.74, 6) is 1.74. The first kappa shape index (κ1) is 12.5. The van der Waals surface area contributed by atoms with Gasteiger partial charge in [0.25, 0.3) is 0 Å². The van der Waals surface area contributed by atoms with Gasteiger partial charge in [0.05, 0.1) is 0 Å². The molecule has 0 radical (unpaired) electrons. The van der Waals surface area contributed by atoms with Crippen molar-refractivity contribution < 1.29 is 4.42 Å². The first-order valence-electron chi connectivity index (χ1n) is 6.72. The Morgan fingerprint density at radius 1 is 0.700 bits per heavy atom. The summed E-state index contributed by atoms with van der Waals surface area (Å²) < 4.78 is 5.81. The van der Waals surface area contributed by atoms with E-state index in [4.69, 9.17) is 4.42 Å². The number of nitrogens with zero attached hydrogens (tertiary/aromatic N) is 1. The molecule has 3 aromatic rings. The lowest BCUT2D eigenvalue weighted by Crippen LogP contribution is -2.08. The van der Waals surface area contributed by atoms with Crippen LogP contribution < -0.4 is 4.90 Å². The number of benzene rings is 2. The van der Waals surface area contributed by atoms with E-state index in [0.29, 0.717) is 0 Å². The van der Waals surface area contributed by atoms with Gasteiger partial charge in [-0.1, -0.05) is 35.9 Å². The first-order valence-corrected chi connectivity index (χ1v) is 6.72. The summed E-state index contributed by atoms with van der Waals surface area (Å²) in [6, 6.07) is 22.7. The van der Waals surface area contributed by atoms with E-state index in [2.05, 4.69) is 48.2 Å². The molecule has 0 bridgehead atoms. The molecule has 0 unspecified atom stereocenters. The molecule has 2 heteroatoms. The topological polar surface area (TPSA) is 16.4 Å². The molecular formula is C18H17NO. The Morgan fingerprint density at radius 3 is 1.95 bits per heavy atom. The van der Waals surface area contributed by atoms with E-state index in [9.17, 15) is 0 Å². The molecule has 0 saturated heterocycles. The summed E-state index contributed by atoms with van der Waals surface area (Å²) in [6.07, 6.45) is 0. The Labute approximate surface area is 119 Å². The largest absolute Gasteiger partial charge is 0.445 e. The van der Waals surface area contributed by atoms with Crippen LogP contribution in [0.1, 0.15) is 11.3 Å². The predicted molar refractivity (Wildman–Crippen MR) is 82.9 cm³/mol. The van der Waals surface area contributed by atoms with Crippen LogP contribution in [0.2, 0.25) is 0 Å². The third-order valence-electron chi connectivity index (χ3n) is 3.25. The van der Waals surface area contributed by atoms with Crippen molar-refractivity contribution in [2.45, 2.75) is 13.8 Å². The second kappa shape index (κ2) is 5.25. The molecule has 0 saturated carbocycles. The van der Waals surface area contributed by atoms with E-state index in [1.807, 2.05) is 37.3 Å². The zero-order valence-corrected chi connectivity index (χ0v) is 11.7. The van der Waals surface area contributed by atoms with Crippen LogP contribution in [0.3, 0.4) is 0 Å². The van der Waals surface area contributed by atoms with Crippen LogP contribution in [0, 0.1) is 13.8 Å². The normalized spacial score (nSPS) is 10.5. The average Bonchev–Trinajstić information content (AvgIpc) is 2.89. The van der Waals surface area contributed by atoms with Crippen molar-refractivity contribution >= 4 is 17.3 Å². The van der Waals surface area contributed by atoms with Gasteiger partial charge in [-0.2, -0.15) is 0 Å². The molecular weight excluding hydrogens is 246 g/mol. The van der Waals surface area contributed by atoms with Gasteiger partial charge >= 0.3 is 0 Å². The third kappa shape index (κ3) is 2.45. The quantitative estimate of drug-likeness (QED) is 0.632. The van der Waals surface area contributed by atoms with Gasteiger partial charge < -0.3 is 4.42 Å². The number of aryl methyl sites for hydroxylation is 2. The van der Waals surface area contributed by atoms with Crippen molar-refractivity contribution in [3.8, 4) is 0 Å². The van der Waals surface area contributed by atoms with Crippen LogP contribution in [-0.4, -0.2) is 0 Å². The fourth-order valence-electron chi connectivity index (χ4n) is 2.22. The molecule has 0 aliphatic carbocycles. The van der Waals surface area contributed by atoms with Crippen molar-refractivity contribution in [1.82, 2.24) is 0 Å². The highest BCUT2D eigenvalue weighted by molar-refractivity contribution is 5.73. The maximum atomic E-state index is 5.81. The van der Waals surface area contributed by atoms with Gasteiger partial charge in [-0.15, -0.1) is 0 Å². The lowest BCUT2D eigenvalue weighted by atomic mass is 10.2. The second-order valence-corrected chi connectivity index (χ2v) is 4.89. The summed E-state index contributed by atoms with van der Waals surface area (Å²) in [7, 11) is 0. The molecule has 2 nitrogen and oxygen atoms in total. The minimum Gasteiger partial charge on any atom is -0.445 e. The minimum absolute atomic E-state index is 0.831. The van der Waals surface area contributed by atoms with Gasteiger partial charge in [-0.05, 0) is 44.2 Å². The molecule has 0 aliphatic heterocycles. The van der Waals surface area contributed by atoms with Crippen LogP contribution in [0.25, 0.3) is 0 Å². The Balaban J connectivity index is 2.10. The average molecular weight is 263 g/mol. The number of anilines is 3. The van der Waals surface area contributed by atoms with Crippen molar-refractivity contribution in [2.75, 3.05) is 4.90 Å². The maximum absolute atomic E-state index is 5.81. The molecule has 0 fully saturated rings. The number of para-hydroxylation sites is 1. The molecule has 2 aromatic carbocycles.